The lowest BCUT2D eigenvalue weighted by atomic mass is 10.1. The smallest absolute Gasteiger partial charge is 0.338 e. The third-order valence-electron chi connectivity index (χ3n) is 6.58. The summed E-state index contributed by atoms with van der Waals surface area (Å²) < 4.78 is 0.142. The molecule has 2 aromatic carbocycles. The van der Waals surface area contributed by atoms with Gasteiger partial charge in [0.05, 0.1) is 30.3 Å². The summed E-state index contributed by atoms with van der Waals surface area (Å²) in [4.78, 5) is 36.5. The highest BCUT2D eigenvalue weighted by atomic mass is 16.4. The second kappa shape index (κ2) is 10.9. The number of rotatable bonds is 10. The summed E-state index contributed by atoms with van der Waals surface area (Å²) in [6, 6.07) is 1.29. The highest BCUT2D eigenvalue weighted by Crippen LogP contribution is 2.45. The van der Waals surface area contributed by atoms with Gasteiger partial charge in [0.15, 0.2) is 23.0 Å². The monoisotopic (exact) mass is 561 g/mol. The van der Waals surface area contributed by atoms with Crippen molar-refractivity contribution in [2.75, 3.05) is 23.7 Å². The number of carbonyl (C=O) groups is 2. The van der Waals surface area contributed by atoms with Crippen LogP contribution in [0.5, 0.6) is 34.5 Å². The molecule has 40 heavy (non-hydrogen) atoms. The molecule has 0 atom stereocenters. The molecule has 0 saturated heterocycles. The summed E-state index contributed by atoms with van der Waals surface area (Å²) in [7, 11) is 0. The Bertz CT molecular complexity index is 1390. The van der Waals surface area contributed by atoms with Crippen LogP contribution in [0.1, 0.15) is 48.4 Å². The van der Waals surface area contributed by atoms with Crippen molar-refractivity contribution in [1.82, 2.24) is 19.4 Å². The van der Waals surface area contributed by atoms with Crippen molar-refractivity contribution in [2.45, 2.75) is 33.7 Å². The quantitative estimate of drug-likeness (QED) is 0.0969. The van der Waals surface area contributed by atoms with Crippen LogP contribution in [-0.2, 0) is 0 Å². The number of nitrogens with one attached hydrogen (secondary N) is 2. The van der Waals surface area contributed by atoms with Crippen LogP contribution in [-0.4, -0.2) is 86.9 Å². The number of hydrogen-bond acceptors (Lipinski definition) is 13. The van der Waals surface area contributed by atoms with Crippen LogP contribution >= 0.6 is 0 Å². The maximum Gasteiger partial charge on any atom is 0.338 e. The fraction of sp³-hybridized carbons (Fsp3) is 0.292. The van der Waals surface area contributed by atoms with Gasteiger partial charge in [0.2, 0.25) is 23.4 Å². The molecule has 0 amide bonds. The van der Waals surface area contributed by atoms with Gasteiger partial charge in [-0.1, -0.05) is 0 Å². The van der Waals surface area contributed by atoms with Gasteiger partial charge in [0.1, 0.15) is 11.4 Å². The maximum absolute atomic E-state index is 11.8. The first-order valence-corrected chi connectivity index (χ1v) is 11.9. The molecule has 214 valence electrons. The average molecular weight is 562 g/mol. The summed E-state index contributed by atoms with van der Waals surface area (Å²) >= 11 is 0. The van der Waals surface area contributed by atoms with E-state index >= 15 is 0 Å². The van der Waals surface area contributed by atoms with Gasteiger partial charge < -0.3 is 51.5 Å². The van der Waals surface area contributed by atoms with E-state index in [4.69, 9.17) is 0 Å². The molecule has 0 aliphatic carbocycles. The predicted molar refractivity (Wildman–Crippen MR) is 141 cm³/mol. The fourth-order valence-corrected chi connectivity index (χ4v) is 4.25. The number of hydrogen-bond donors (Lipinski definition) is 10. The van der Waals surface area contributed by atoms with Crippen molar-refractivity contribution >= 4 is 41.2 Å². The molecule has 0 radical (unpaired) electrons. The Labute approximate surface area is 226 Å². The Morgan fingerprint density at radius 1 is 0.725 bits per heavy atom. The minimum Gasteiger partial charge on any atom is -0.504 e. The van der Waals surface area contributed by atoms with E-state index in [0.29, 0.717) is 25.2 Å². The Balaban J connectivity index is 2.30. The summed E-state index contributed by atoms with van der Waals surface area (Å²) in [5.41, 5.74) is -2.43. The van der Waals surface area contributed by atoms with Crippen molar-refractivity contribution in [3.8, 4) is 34.5 Å². The van der Waals surface area contributed by atoms with Crippen molar-refractivity contribution in [3.63, 3.8) is 0 Å². The van der Waals surface area contributed by atoms with Crippen LogP contribution in [0.2, 0.25) is 0 Å². The molecule has 0 unspecified atom stereocenters. The van der Waals surface area contributed by atoms with E-state index in [1.165, 1.54) is 0 Å². The molecule has 16 heteroatoms. The molecule has 10 N–H and O–H groups in total. The van der Waals surface area contributed by atoms with Crippen LogP contribution in [0.4, 0.5) is 29.2 Å². The van der Waals surface area contributed by atoms with Gasteiger partial charge in [0, 0.05) is 12.1 Å². The van der Waals surface area contributed by atoms with Crippen LogP contribution in [0, 0.1) is 0 Å². The first-order chi connectivity index (χ1) is 18.7. The first-order valence-electron chi connectivity index (χ1n) is 11.9. The van der Waals surface area contributed by atoms with E-state index in [1.807, 2.05) is 27.7 Å². The van der Waals surface area contributed by atoms with Crippen LogP contribution in [0.3, 0.4) is 0 Å². The number of aromatic hydroxyl groups is 6. The van der Waals surface area contributed by atoms with E-state index < -0.39 is 68.9 Å². The molecule has 0 aliphatic rings. The van der Waals surface area contributed by atoms with Crippen LogP contribution in [0.25, 0.3) is 0 Å². The molecule has 16 nitrogen and oxygen atoms in total. The van der Waals surface area contributed by atoms with Gasteiger partial charge in [0.25, 0.3) is 0 Å². The minimum absolute atomic E-state index is 0.110. The van der Waals surface area contributed by atoms with E-state index in [-0.39, 0.29) is 28.4 Å². The maximum atomic E-state index is 11.8. The molecule has 0 saturated carbocycles. The SMILES string of the molecule is CC[N+](CC)(c1nc(Nc2c(C(=O)O)cc(O)c(O)c2O)nc(Nc2c(C(=O)O)cc(O)c(O)c2O)n1)C(C)C. The molecule has 0 aliphatic heterocycles. The number of aromatic carboxylic acids is 2. The zero-order valence-corrected chi connectivity index (χ0v) is 21.8. The molecule has 0 bridgehead atoms. The van der Waals surface area contributed by atoms with Crippen molar-refractivity contribution in [2.24, 2.45) is 0 Å². The molecule has 1 aromatic heterocycles. The molecule has 0 fully saturated rings. The summed E-state index contributed by atoms with van der Waals surface area (Å²) in [5.74, 6) is -9.63. The molecule has 3 aromatic rings. The first kappa shape index (κ1) is 29.3. The Morgan fingerprint density at radius 2 is 1.10 bits per heavy atom. The number of benzene rings is 2. The third-order valence-corrected chi connectivity index (χ3v) is 6.58. The third kappa shape index (κ3) is 5.06. The number of quaternary nitrogens is 1. The van der Waals surface area contributed by atoms with Gasteiger partial charge in [-0.3, -0.25) is 4.48 Å². The number of carboxylic acids is 2. The van der Waals surface area contributed by atoms with Gasteiger partial charge in [-0.05, 0) is 27.7 Å². The van der Waals surface area contributed by atoms with Gasteiger partial charge in [-0.25, -0.2) is 9.59 Å². The molecule has 1 heterocycles. The highest BCUT2D eigenvalue weighted by Gasteiger charge is 2.36. The lowest BCUT2D eigenvalue weighted by Gasteiger charge is -2.37. The Kier molecular flexibility index (Phi) is 7.95. The van der Waals surface area contributed by atoms with E-state index in [2.05, 4.69) is 25.6 Å². The predicted octanol–water partition coefficient (Wildman–Crippen LogP) is 2.74. The Hall–Kier alpha value is -5.25. The number of nitrogens with zero attached hydrogens (tertiary/aromatic N) is 4. The second-order valence-electron chi connectivity index (χ2n) is 8.93. The van der Waals surface area contributed by atoms with E-state index in [0.717, 1.165) is 0 Å². The molecular formula is C24H29N6O10+. The number of carboxylic acid groups (broad SMARTS) is 2. The Morgan fingerprint density at radius 3 is 1.40 bits per heavy atom. The number of phenols is 6. The van der Waals surface area contributed by atoms with Crippen LogP contribution in [0.15, 0.2) is 12.1 Å². The number of anilines is 4. The standard InChI is InChI=1S/C24H28N6O10/c1-5-30(6-2,9(3)4)24-28-22(25-14-10(20(37)38)7-12(31)16(33)18(14)35)27-23(29-24)26-15-11(21(39)40)8-13(32)17(34)19(15)36/h7-9H,5-6H2,1-4H3,(H9-,25,26,27,28,29,31,32,33,34,35,36,37,38,39,40)/p+1. The zero-order chi connectivity index (χ0) is 30.1. The van der Waals surface area contributed by atoms with E-state index in [1.54, 1.807) is 0 Å². The summed E-state index contributed by atoms with van der Waals surface area (Å²) in [6.45, 7) is 8.46. The molecule has 3 rings (SSSR count). The summed E-state index contributed by atoms with van der Waals surface area (Å²) in [6.07, 6.45) is 0. The van der Waals surface area contributed by atoms with Crippen molar-refractivity contribution < 1.29 is 50.4 Å². The van der Waals surface area contributed by atoms with Gasteiger partial charge in [-0.2, -0.15) is 4.98 Å². The zero-order valence-electron chi connectivity index (χ0n) is 21.8. The largest absolute Gasteiger partial charge is 0.504 e. The molecular weight excluding hydrogens is 532 g/mol. The second-order valence-corrected chi connectivity index (χ2v) is 8.93. The summed E-state index contributed by atoms with van der Waals surface area (Å²) in [5, 5.41) is 84.5. The minimum atomic E-state index is -1.58. The van der Waals surface area contributed by atoms with Gasteiger partial charge in [-0.15, -0.1) is 9.97 Å². The average Bonchev–Trinajstić information content (AvgIpc) is 2.89. The topological polar surface area (TPSA) is 259 Å². The van der Waals surface area contributed by atoms with Gasteiger partial charge >= 0.3 is 17.9 Å². The fourth-order valence-electron chi connectivity index (χ4n) is 4.25. The number of aromatic nitrogens is 3. The lowest BCUT2D eigenvalue weighted by Crippen LogP contribution is -2.55. The van der Waals surface area contributed by atoms with E-state index in [9.17, 15) is 50.4 Å². The molecule has 0 spiro atoms. The van der Waals surface area contributed by atoms with Crippen molar-refractivity contribution in [3.05, 3.63) is 23.3 Å². The lowest BCUT2D eigenvalue weighted by molar-refractivity contribution is 0.0686. The normalized spacial score (nSPS) is 11.4. The van der Waals surface area contributed by atoms with Crippen molar-refractivity contribution in [1.29, 1.82) is 0 Å². The highest BCUT2D eigenvalue weighted by molar-refractivity contribution is 5.99. The van der Waals surface area contributed by atoms with Crippen LogP contribution < -0.4 is 15.1 Å². The number of phenolic OH excluding ortho intramolecular Hbond substituents is 6.